The van der Waals surface area contributed by atoms with Crippen molar-refractivity contribution in [3.63, 3.8) is 0 Å². The first kappa shape index (κ1) is 20.5. The van der Waals surface area contributed by atoms with Crippen LogP contribution < -0.4 is 15.7 Å². The number of benzene rings is 1. The third-order valence-corrected chi connectivity index (χ3v) is 5.33. The number of carbonyl (C=O) groups is 2. The van der Waals surface area contributed by atoms with Crippen molar-refractivity contribution < 1.29 is 14.8 Å². The number of carbonyl (C=O) groups excluding carboxylic acids is 2. The van der Waals surface area contributed by atoms with Gasteiger partial charge in [-0.2, -0.15) is 0 Å². The number of para-hydroxylation sites is 1. The van der Waals surface area contributed by atoms with Crippen LogP contribution in [0, 0.1) is 0 Å². The van der Waals surface area contributed by atoms with Gasteiger partial charge in [0.2, 0.25) is 0 Å². The first-order valence-corrected chi connectivity index (χ1v) is 10.1. The maximum Gasteiger partial charge on any atom is 0.270 e. The molecule has 0 unspecified atom stereocenters. The second-order valence-corrected chi connectivity index (χ2v) is 7.35. The molecule has 1 aliphatic rings. The summed E-state index contributed by atoms with van der Waals surface area (Å²) in [6.45, 7) is 1.55. The molecule has 0 spiro atoms. The molecule has 2 aromatic heterocycles. The van der Waals surface area contributed by atoms with E-state index < -0.39 is 5.91 Å². The summed E-state index contributed by atoms with van der Waals surface area (Å²) in [5.74, 6) is -0.766. The molecule has 2 amide bonds. The molecule has 158 valence electrons. The molecule has 0 saturated carbocycles. The Kier molecular flexibility index (Phi) is 6.18. The lowest BCUT2D eigenvalue weighted by atomic mass is 10.0. The van der Waals surface area contributed by atoms with Gasteiger partial charge < -0.3 is 10.2 Å². The van der Waals surface area contributed by atoms with Crippen LogP contribution in [-0.2, 0) is 4.79 Å². The van der Waals surface area contributed by atoms with E-state index in [9.17, 15) is 9.59 Å². The fourth-order valence-electron chi connectivity index (χ4n) is 3.72. The second-order valence-electron chi connectivity index (χ2n) is 7.35. The van der Waals surface area contributed by atoms with Crippen LogP contribution in [0.2, 0.25) is 0 Å². The number of nitrogens with zero attached hydrogens (tertiary/aromatic N) is 3. The van der Waals surface area contributed by atoms with Crippen molar-refractivity contribution in [1.82, 2.24) is 20.8 Å². The number of piperidine rings is 1. The van der Waals surface area contributed by atoms with E-state index in [0.29, 0.717) is 11.3 Å². The molecule has 1 saturated heterocycles. The highest BCUT2D eigenvalue weighted by Gasteiger charge is 2.23. The van der Waals surface area contributed by atoms with Crippen LogP contribution >= 0.6 is 0 Å². The van der Waals surface area contributed by atoms with Crippen molar-refractivity contribution in [2.24, 2.45) is 0 Å². The van der Waals surface area contributed by atoms with Crippen LogP contribution in [0.1, 0.15) is 28.9 Å². The molecule has 0 aliphatic carbocycles. The molecule has 8 nitrogen and oxygen atoms in total. The van der Waals surface area contributed by atoms with Crippen LogP contribution in [0.25, 0.3) is 17.1 Å². The number of fused-ring (bicyclic) bond motifs is 1. The predicted octanol–water partition coefficient (Wildman–Crippen LogP) is 2.55. The van der Waals surface area contributed by atoms with Gasteiger partial charge in [-0.25, -0.2) is 15.4 Å². The zero-order valence-corrected chi connectivity index (χ0v) is 16.9. The third kappa shape index (κ3) is 4.87. The van der Waals surface area contributed by atoms with Crippen molar-refractivity contribution in [3.05, 3.63) is 72.1 Å². The summed E-state index contributed by atoms with van der Waals surface area (Å²) in [6, 6.07) is 15.2. The van der Waals surface area contributed by atoms with Gasteiger partial charge in [0.05, 0.1) is 0 Å². The van der Waals surface area contributed by atoms with Gasteiger partial charge in [0.1, 0.15) is 5.69 Å². The summed E-state index contributed by atoms with van der Waals surface area (Å²) in [7, 11) is 0. The molecular formula is C23H23N5O3. The van der Waals surface area contributed by atoms with Gasteiger partial charge in [-0.05, 0) is 54.8 Å². The standard InChI is InChI=1S/C23H23N5O3/c29-21(27-31)10-8-16-4-1-2-6-20(16)28-14-11-18(12-15-28)25-23(30)19-9-7-17-5-3-13-24-22(17)26-19/h1-10,13,18,31H,11-12,14-15H2,(H,25,30)(H,27,29)/b10-8+. The zero-order chi connectivity index (χ0) is 21.6. The minimum Gasteiger partial charge on any atom is -0.371 e. The molecule has 1 aromatic carbocycles. The maximum atomic E-state index is 12.7. The van der Waals surface area contributed by atoms with Crippen LogP contribution in [0.3, 0.4) is 0 Å². The Morgan fingerprint density at radius 1 is 1.06 bits per heavy atom. The summed E-state index contributed by atoms with van der Waals surface area (Å²) in [6.07, 6.45) is 6.22. The Bertz CT molecular complexity index is 1120. The molecule has 1 fully saturated rings. The Morgan fingerprint density at radius 2 is 1.87 bits per heavy atom. The average molecular weight is 417 g/mol. The van der Waals surface area contributed by atoms with Crippen molar-refractivity contribution in [2.75, 3.05) is 18.0 Å². The van der Waals surface area contributed by atoms with Gasteiger partial charge in [0, 0.05) is 42.5 Å². The normalized spacial score (nSPS) is 14.7. The summed E-state index contributed by atoms with van der Waals surface area (Å²) < 4.78 is 0. The van der Waals surface area contributed by atoms with E-state index in [4.69, 9.17) is 5.21 Å². The van der Waals surface area contributed by atoms with E-state index in [2.05, 4.69) is 20.2 Å². The monoisotopic (exact) mass is 417 g/mol. The van der Waals surface area contributed by atoms with E-state index in [-0.39, 0.29) is 11.9 Å². The smallest absolute Gasteiger partial charge is 0.270 e. The third-order valence-electron chi connectivity index (χ3n) is 5.33. The number of aromatic nitrogens is 2. The zero-order valence-electron chi connectivity index (χ0n) is 16.9. The number of rotatable bonds is 5. The van der Waals surface area contributed by atoms with Crippen molar-refractivity contribution >= 4 is 34.6 Å². The molecule has 4 rings (SSSR count). The van der Waals surface area contributed by atoms with Crippen LogP contribution in [0.15, 0.2) is 60.8 Å². The van der Waals surface area contributed by atoms with Crippen LogP contribution in [0.5, 0.6) is 0 Å². The van der Waals surface area contributed by atoms with Crippen LogP contribution in [-0.4, -0.2) is 46.1 Å². The molecule has 0 bridgehead atoms. The van der Waals surface area contributed by atoms with Gasteiger partial charge in [-0.1, -0.05) is 18.2 Å². The molecule has 3 N–H and O–H groups in total. The summed E-state index contributed by atoms with van der Waals surface area (Å²) in [5.41, 5.74) is 4.42. The topological polar surface area (TPSA) is 107 Å². The highest BCUT2D eigenvalue weighted by Crippen LogP contribution is 2.25. The quantitative estimate of drug-likeness (QED) is 0.335. The lowest BCUT2D eigenvalue weighted by Crippen LogP contribution is -2.45. The number of hydrogen-bond acceptors (Lipinski definition) is 6. The number of pyridine rings is 2. The lowest BCUT2D eigenvalue weighted by molar-refractivity contribution is -0.124. The number of hydroxylamine groups is 1. The SMILES string of the molecule is O=C(/C=C/c1ccccc1N1CCC(NC(=O)c2ccc3cccnc3n2)CC1)NO. The van der Waals surface area contributed by atoms with E-state index in [0.717, 1.165) is 42.6 Å². The molecular weight excluding hydrogens is 394 g/mol. The van der Waals surface area contributed by atoms with E-state index in [1.165, 1.54) is 6.08 Å². The minimum absolute atomic E-state index is 0.0628. The Morgan fingerprint density at radius 3 is 2.68 bits per heavy atom. The largest absolute Gasteiger partial charge is 0.371 e. The molecule has 0 radical (unpaired) electrons. The van der Waals surface area contributed by atoms with E-state index in [1.807, 2.05) is 42.5 Å². The van der Waals surface area contributed by atoms with Gasteiger partial charge in [-0.3, -0.25) is 14.8 Å². The highest BCUT2D eigenvalue weighted by molar-refractivity contribution is 5.94. The van der Waals surface area contributed by atoms with Gasteiger partial charge in [0.15, 0.2) is 5.65 Å². The first-order chi connectivity index (χ1) is 15.1. The number of anilines is 1. The Labute approximate surface area is 179 Å². The highest BCUT2D eigenvalue weighted by atomic mass is 16.5. The fraction of sp³-hybridized carbons (Fsp3) is 0.217. The minimum atomic E-state index is -0.575. The number of nitrogens with one attached hydrogen (secondary N) is 2. The fourth-order valence-corrected chi connectivity index (χ4v) is 3.72. The van der Waals surface area contributed by atoms with Crippen molar-refractivity contribution in [1.29, 1.82) is 0 Å². The molecule has 8 heteroatoms. The second kappa shape index (κ2) is 9.36. The Hall–Kier alpha value is -3.78. The molecule has 0 atom stereocenters. The molecule has 3 heterocycles. The maximum absolute atomic E-state index is 12.7. The summed E-state index contributed by atoms with van der Waals surface area (Å²) in [5, 5.41) is 12.6. The summed E-state index contributed by atoms with van der Waals surface area (Å²) >= 11 is 0. The van der Waals surface area contributed by atoms with Crippen molar-refractivity contribution in [3.8, 4) is 0 Å². The van der Waals surface area contributed by atoms with Gasteiger partial charge >= 0.3 is 0 Å². The molecule has 3 aromatic rings. The van der Waals surface area contributed by atoms with Crippen molar-refractivity contribution in [2.45, 2.75) is 18.9 Å². The Balaban J connectivity index is 1.38. The van der Waals surface area contributed by atoms with Gasteiger partial charge in [0.25, 0.3) is 11.8 Å². The predicted molar refractivity (Wildman–Crippen MR) is 118 cm³/mol. The molecule has 1 aliphatic heterocycles. The lowest BCUT2D eigenvalue weighted by Gasteiger charge is -2.34. The average Bonchev–Trinajstić information content (AvgIpc) is 2.83. The van der Waals surface area contributed by atoms with Crippen LogP contribution in [0.4, 0.5) is 5.69 Å². The van der Waals surface area contributed by atoms with E-state index >= 15 is 0 Å². The summed E-state index contributed by atoms with van der Waals surface area (Å²) in [4.78, 5) is 34.8. The van der Waals surface area contributed by atoms with Gasteiger partial charge in [-0.15, -0.1) is 0 Å². The molecule has 31 heavy (non-hydrogen) atoms. The first-order valence-electron chi connectivity index (χ1n) is 10.1. The number of amides is 2. The van der Waals surface area contributed by atoms with E-state index in [1.54, 1.807) is 23.8 Å². The number of hydrogen-bond donors (Lipinski definition) is 3.